The minimum Gasteiger partial charge on any atom is -0.393 e. The number of rotatable bonds is 6. The predicted molar refractivity (Wildman–Crippen MR) is 128 cm³/mol. The van der Waals surface area contributed by atoms with Crippen molar-refractivity contribution in [1.29, 1.82) is 0 Å². The molecule has 152 valence electrons. The fourth-order valence-electron chi connectivity index (χ4n) is 3.15. The molecule has 0 atom stereocenters. The fourth-order valence-corrected chi connectivity index (χ4v) is 4.01. The molecular formula is C23H19N7S. The maximum atomic E-state index is 6.43. The second-order valence-electron chi connectivity index (χ2n) is 6.71. The van der Waals surface area contributed by atoms with Gasteiger partial charge in [-0.05, 0) is 36.4 Å². The van der Waals surface area contributed by atoms with Crippen LogP contribution in [0.4, 0.5) is 33.8 Å². The van der Waals surface area contributed by atoms with Crippen LogP contribution in [0.1, 0.15) is 0 Å². The lowest BCUT2D eigenvalue weighted by molar-refractivity contribution is 1.09. The minimum atomic E-state index is 0.401. The highest BCUT2D eigenvalue weighted by Crippen LogP contribution is 2.32. The second-order valence-corrected chi connectivity index (χ2v) is 7.75. The molecule has 3 aromatic carbocycles. The first kappa shape index (κ1) is 18.8. The molecule has 0 aliphatic carbocycles. The van der Waals surface area contributed by atoms with E-state index in [4.69, 9.17) is 5.73 Å². The van der Waals surface area contributed by atoms with Gasteiger partial charge in [0.1, 0.15) is 12.0 Å². The van der Waals surface area contributed by atoms with Crippen LogP contribution >= 0.6 is 11.3 Å². The Labute approximate surface area is 183 Å². The summed E-state index contributed by atoms with van der Waals surface area (Å²) >= 11 is 1.55. The zero-order chi connectivity index (χ0) is 21.0. The fraction of sp³-hybridized carbons (Fsp3) is 0. The largest absolute Gasteiger partial charge is 0.393 e. The van der Waals surface area contributed by atoms with Crippen molar-refractivity contribution in [2.45, 2.75) is 0 Å². The first-order chi connectivity index (χ1) is 15.3. The Morgan fingerprint density at radius 2 is 1.35 bits per heavy atom. The summed E-state index contributed by atoms with van der Waals surface area (Å²) in [4.78, 5) is 13.3. The van der Waals surface area contributed by atoms with E-state index in [1.165, 1.54) is 6.33 Å². The number of fused-ring (bicyclic) bond motifs is 1. The van der Waals surface area contributed by atoms with Crippen LogP contribution in [0.5, 0.6) is 0 Å². The van der Waals surface area contributed by atoms with Crippen molar-refractivity contribution in [2.75, 3.05) is 21.5 Å². The molecule has 2 aromatic heterocycles. The third-order valence-electron chi connectivity index (χ3n) is 4.65. The Kier molecular flexibility index (Phi) is 5.04. The molecule has 0 unspecified atom stereocenters. The summed E-state index contributed by atoms with van der Waals surface area (Å²) in [5.74, 6) is 0.990. The van der Waals surface area contributed by atoms with Gasteiger partial charge in [0, 0.05) is 0 Å². The first-order valence-corrected chi connectivity index (χ1v) is 10.5. The second kappa shape index (κ2) is 8.29. The molecular weight excluding hydrogens is 406 g/mol. The number of hydrogen-bond acceptors (Lipinski definition) is 8. The van der Waals surface area contributed by atoms with Gasteiger partial charge in [-0.3, -0.25) is 10.4 Å². The zero-order valence-corrected chi connectivity index (χ0v) is 17.3. The number of benzene rings is 3. The molecule has 0 aliphatic heterocycles. The maximum Gasteiger partial charge on any atom is 0.189 e. The summed E-state index contributed by atoms with van der Waals surface area (Å²) in [6.45, 7) is 0. The topological polar surface area (TPSA) is 92.0 Å². The highest BCUT2D eigenvalue weighted by molar-refractivity contribution is 7.22. The Morgan fingerprint density at radius 3 is 2.03 bits per heavy atom. The van der Waals surface area contributed by atoms with E-state index >= 15 is 0 Å². The van der Waals surface area contributed by atoms with Crippen LogP contribution in [-0.2, 0) is 0 Å². The zero-order valence-electron chi connectivity index (χ0n) is 16.4. The van der Waals surface area contributed by atoms with E-state index < -0.39 is 0 Å². The molecule has 8 heteroatoms. The van der Waals surface area contributed by atoms with Gasteiger partial charge in [-0.25, -0.2) is 15.0 Å². The van der Waals surface area contributed by atoms with Gasteiger partial charge in [-0.1, -0.05) is 59.9 Å². The van der Waals surface area contributed by atoms with Gasteiger partial charge < -0.3 is 11.1 Å². The van der Waals surface area contributed by atoms with Crippen molar-refractivity contribution in [3.8, 4) is 0 Å². The van der Waals surface area contributed by atoms with E-state index in [0.29, 0.717) is 17.3 Å². The predicted octanol–water partition coefficient (Wildman–Crippen LogP) is 5.58. The summed E-state index contributed by atoms with van der Waals surface area (Å²) in [5.41, 5.74) is 13.0. The molecule has 5 rings (SSSR count). The van der Waals surface area contributed by atoms with Crippen LogP contribution < -0.4 is 21.5 Å². The summed E-state index contributed by atoms with van der Waals surface area (Å²) in [6.07, 6.45) is 1.47. The van der Waals surface area contributed by atoms with Crippen molar-refractivity contribution >= 4 is 55.4 Å². The van der Waals surface area contributed by atoms with Gasteiger partial charge in [0.15, 0.2) is 16.8 Å². The molecule has 0 radical (unpaired) electrons. The van der Waals surface area contributed by atoms with Crippen molar-refractivity contribution < 1.29 is 0 Å². The summed E-state index contributed by atoms with van der Waals surface area (Å²) in [6, 6.07) is 27.9. The van der Waals surface area contributed by atoms with E-state index in [1.807, 2.05) is 89.9 Å². The van der Waals surface area contributed by atoms with Crippen LogP contribution in [0.3, 0.4) is 0 Å². The summed E-state index contributed by atoms with van der Waals surface area (Å²) in [5, 5.41) is 5.88. The number of nitrogens with two attached hydrogens (primary N) is 1. The van der Waals surface area contributed by atoms with E-state index in [9.17, 15) is 0 Å². The Balaban J connectivity index is 1.47. The van der Waals surface area contributed by atoms with Crippen molar-refractivity contribution in [2.24, 2.45) is 0 Å². The van der Waals surface area contributed by atoms with E-state index in [2.05, 4.69) is 25.7 Å². The Bertz CT molecular complexity index is 1230. The molecule has 0 aliphatic rings. The van der Waals surface area contributed by atoms with Gasteiger partial charge in [-0.2, -0.15) is 0 Å². The van der Waals surface area contributed by atoms with Gasteiger partial charge in [0.25, 0.3) is 0 Å². The minimum absolute atomic E-state index is 0.401. The molecule has 31 heavy (non-hydrogen) atoms. The number of hydrazine groups is 1. The third-order valence-corrected chi connectivity index (χ3v) is 5.60. The van der Waals surface area contributed by atoms with Gasteiger partial charge in [-0.15, -0.1) is 0 Å². The monoisotopic (exact) mass is 425 g/mol. The lowest BCUT2D eigenvalue weighted by Crippen LogP contribution is -2.26. The SMILES string of the molecule is Nc1c(Nc2nc3ccccc3s2)ncnc1NN(c1ccccc1)c1ccccc1. The van der Waals surface area contributed by atoms with Gasteiger partial charge in [0.05, 0.1) is 21.6 Å². The van der Waals surface area contributed by atoms with Crippen LogP contribution in [0, 0.1) is 0 Å². The smallest absolute Gasteiger partial charge is 0.189 e. The number of anilines is 6. The van der Waals surface area contributed by atoms with Gasteiger partial charge in [0.2, 0.25) is 0 Å². The number of thiazole rings is 1. The standard InChI is InChI=1S/C23H19N7S/c24-20-21(28-23-27-18-13-7-8-14-19(18)31-23)25-15-26-22(20)29-30(16-9-3-1-4-10-16)17-11-5-2-6-12-17/h1-15H,24H2,(H2,25,26,27,28,29). The highest BCUT2D eigenvalue weighted by Gasteiger charge is 2.15. The maximum absolute atomic E-state index is 6.43. The number of hydrogen-bond donors (Lipinski definition) is 3. The molecule has 0 saturated heterocycles. The van der Waals surface area contributed by atoms with Crippen LogP contribution in [0.15, 0.2) is 91.3 Å². The van der Waals surface area contributed by atoms with Crippen molar-refractivity contribution in [3.63, 3.8) is 0 Å². The molecule has 0 bridgehead atoms. The van der Waals surface area contributed by atoms with Crippen LogP contribution in [0.2, 0.25) is 0 Å². The van der Waals surface area contributed by atoms with Crippen molar-refractivity contribution in [1.82, 2.24) is 15.0 Å². The van der Waals surface area contributed by atoms with Crippen LogP contribution in [-0.4, -0.2) is 15.0 Å². The first-order valence-electron chi connectivity index (χ1n) is 9.68. The summed E-state index contributed by atoms with van der Waals surface area (Å²) < 4.78 is 1.09. The lowest BCUT2D eigenvalue weighted by atomic mass is 10.2. The number of nitrogens with zero attached hydrogens (tertiary/aromatic N) is 4. The molecule has 0 amide bonds. The number of nitrogen functional groups attached to an aromatic ring is 1. The molecule has 7 nitrogen and oxygen atoms in total. The van der Waals surface area contributed by atoms with Gasteiger partial charge >= 0.3 is 0 Å². The third kappa shape index (κ3) is 3.96. The molecule has 0 spiro atoms. The molecule has 5 aromatic rings. The summed E-state index contributed by atoms with van der Waals surface area (Å²) in [7, 11) is 0. The van der Waals surface area contributed by atoms with Crippen LogP contribution in [0.25, 0.3) is 10.2 Å². The highest BCUT2D eigenvalue weighted by atomic mass is 32.1. The number of nitrogens with one attached hydrogen (secondary N) is 2. The Hall–Kier alpha value is -4.17. The average molecular weight is 426 g/mol. The quantitative estimate of drug-likeness (QED) is 0.306. The Morgan fingerprint density at radius 1 is 0.742 bits per heavy atom. The average Bonchev–Trinajstić information content (AvgIpc) is 3.23. The number of aromatic nitrogens is 3. The molecule has 2 heterocycles. The number of para-hydroxylation sites is 3. The molecule has 4 N–H and O–H groups in total. The lowest BCUT2D eigenvalue weighted by Gasteiger charge is -2.26. The normalized spacial score (nSPS) is 10.7. The molecule has 0 fully saturated rings. The van der Waals surface area contributed by atoms with E-state index in [-0.39, 0.29) is 0 Å². The molecule has 0 saturated carbocycles. The van der Waals surface area contributed by atoms with E-state index in [1.54, 1.807) is 11.3 Å². The van der Waals surface area contributed by atoms with E-state index in [0.717, 1.165) is 26.7 Å². The van der Waals surface area contributed by atoms with Crippen molar-refractivity contribution in [3.05, 3.63) is 91.3 Å².